The Labute approximate surface area is 122 Å². The number of benzene rings is 1. The summed E-state index contributed by atoms with van der Waals surface area (Å²) in [6, 6.07) is 12.5. The highest BCUT2D eigenvalue weighted by Gasteiger charge is 2.14. The molecular formula is C15H15ClN2O2. The topological polar surface area (TPSA) is 51.2 Å². The van der Waals surface area contributed by atoms with Crippen LogP contribution in [0.2, 0.25) is 5.02 Å². The predicted octanol–water partition coefficient (Wildman–Crippen LogP) is 2.82. The van der Waals surface area contributed by atoms with Gasteiger partial charge >= 0.3 is 0 Å². The van der Waals surface area contributed by atoms with Crippen molar-refractivity contribution in [2.45, 2.75) is 19.6 Å². The van der Waals surface area contributed by atoms with E-state index in [4.69, 9.17) is 16.3 Å². The molecule has 0 saturated carbocycles. The van der Waals surface area contributed by atoms with E-state index in [1.165, 1.54) is 0 Å². The van der Waals surface area contributed by atoms with Crippen LogP contribution >= 0.6 is 11.6 Å². The van der Waals surface area contributed by atoms with E-state index in [1.54, 1.807) is 37.4 Å². The molecule has 4 nitrogen and oxygen atoms in total. The average Bonchev–Trinajstić information content (AvgIpc) is 2.46. The Morgan fingerprint density at radius 3 is 2.90 bits per heavy atom. The fourth-order valence-corrected chi connectivity index (χ4v) is 1.80. The van der Waals surface area contributed by atoms with Gasteiger partial charge in [0.05, 0.1) is 12.2 Å². The lowest BCUT2D eigenvalue weighted by atomic mass is 10.3. The molecule has 0 bridgehead atoms. The monoisotopic (exact) mass is 290 g/mol. The summed E-state index contributed by atoms with van der Waals surface area (Å²) in [5, 5.41) is 3.35. The predicted molar refractivity (Wildman–Crippen MR) is 77.6 cm³/mol. The molecule has 0 radical (unpaired) electrons. The van der Waals surface area contributed by atoms with Gasteiger partial charge in [-0.15, -0.1) is 0 Å². The minimum Gasteiger partial charge on any atom is -0.481 e. The maximum absolute atomic E-state index is 11.9. The molecule has 20 heavy (non-hydrogen) atoms. The highest BCUT2D eigenvalue weighted by atomic mass is 35.5. The Morgan fingerprint density at radius 1 is 1.35 bits per heavy atom. The number of halogens is 1. The molecule has 0 aliphatic carbocycles. The summed E-state index contributed by atoms with van der Waals surface area (Å²) in [6.07, 6.45) is 1.09. The van der Waals surface area contributed by atoms with Crippen LogP contribution in [0, 0.1) is 0 Å². The fraction of sp³-hybridized carbons (Fsp3) is 0.200. The van der Waals surface area contributed by atoms with Crippen LogP contribution in [-0.4, -0.2) is 17.0 Å². The number of hydrogen-bond acceptors (Lipinski definition) is 3. The molecule has 0 aliphatic rings. The second-order valence-electron chi connectivity index (χ2n) is 4.26. The molecule has 1 aromatic carbocycles. The van der Waals surface area contributed by atoms with Crippen LogP contribution in [0.5, 0.6) is 5.75 Å². The van der Waals surface area contributed by atoms with Gasteiger partial charge < -0.3 is 10.1 Å². The van der Waals surface area contributed by atoms with Crippen molar-refractivity contribution in [3.63, 3.8) is 0 Å². The summed E-state index contributed by atoms with van der Waals surface area (Å²) >= 11 is 5.86. The van der Waals surface area contributed by atoms with Crippen molar-refractivity contribution in [1.82, 2.24) is 10.3 Å². The van der Waals surface area contributed by atoms with Crippen LogP contribution in [0.1, 0.15) is 12.6 Å². The first kappa shape index (κ1) is 14.3. The molecular weight excluding hydrogens is 276 g/mol. The zero-order valence-corrected chi connectivity index (χ0v) is 11.8. The lowest BCUT2D eigenvalue weighted by molar-refractivity contribution is -0.127. The highest BCUT2D eigenvalue weighted by Crippen LogP contribution is 2.18. The van der Waals surface area contributed by atoms with Gasteiger partial charge in [0.1, 0.15) is 5.75 Å². The third-order valence-corrected chi connectivity index (χ3v) is 2.88. The number of carbonyl (C=O) groups excluding carboxylic acids is 1. The smallest absolute Gasteiger partial charge is 0.261 e. The Kier molecular flexibility index (Phi) is 4.96. The van der Waals surface area contributed by atoms with Crippen LogP contribution in [-0.2, 0) is 11.3 Å². The van der Waals surface area contributed by atoms with Crippen LogP contribution < -0.4 is 10.1 Å². The number of rotatable bonds is 5. The average molecular weight is 291 g/mol. The number of carbonyl (C=O) groups is 1. The molecule has 0 unspecified atom stereocenters. The third kappa shape index (κ3) is 4.24. The van der Waals surface area contributed by atoms with Crippen molar-refractivity contribution in [2.75, 3.05) is 0 Å². The molecule has 1 amide bonds. The van der Waals surface area contributed by atoms with E-state index in [2.05, 4.69) is 10.3 Å². The quantitative estimate of drug-likeness (QED) is 0.921. The summed E-state index contributed by atoms with van der Waals surface area (Å²) in [7, 11) is 0. The molecule has 0 spiro atoms. The number of nitrogens with one attached hydrogen (secondary N) is 1. The summed E-state index contributed by atoms with van der Waals surface area (Å²) in [5.41, 5.74) is 0.802. The number of pyridine rings is 1. The Hall–Kier alpha value is -2.07. The number of aromatic nitrogens is 1. The molecule has 104 valence electrons. The first-order chi connectivity index (χ1) is 9.65. The molecule has 1 aromatic heterocycles. The summed E-state index contributed by atoms with van der Waals surface area (Å²) in [4.78, 5) is 16.0. The molecule has 0 fully saturated rings. The summed E-state index contributed by atoms with van der Waals surface area (Å²) in [5.74, 6) is 0.369. The van der Waals surface area contributed by atoms with E-state index in [-0.39, 0.29) is 5.91 Å². The maximum Gasteiger partial charge on any atom is 0.261 e. The highest BCUT2D eigenvalue weighted by molar-refractivity contribution is 6.30. The van der Waals surface area contributed by atoms with Gasteiger partial charge in [0.15, 0.2) is 6.10 Å². The van der Waals surface area contributed by atoms with Crippen molar-refractivity contribution < 1.29 is 9.53 Å². The van der Waals surface area contributed by atoms with Gasteiger partial charge in [0, 0.05) is 11.2 Å². The molecule has 5 heteroatoms. The fourth-order valence-electron chi connectivity index (χ4n) is 1.62. The molecule has 1 atom stereocenters. The van der Waals surface area contributed by atoms with Crippen LogP contribution in [0.25, 0.3) is 0 Å². The Balaban J connectivity index is 1.86. The van der Waals surface area contributed by atoms with Crippen molar-refractivity contribution >= 4 is 17.5 Å². The Bertz CT molecular complexity index is 575. The van der Waals surface area contributed by atoms with E-state index >= 15 is 0 Å². The van der Waals surface area contributed by atoms with Crippen molar-refractivity contribution in [3.8, 4) is 5.75 Å². The molecule has 2 aromatic rings. The lowest BCUT2D eigenvalue weighted by Gasteiger charge is -2.14. The van der Waals surface area contributed by atoms with E-state index in [0.717, 1.165) is 5.69 Å². The van der Waals surface area contributed by atoms with Gasteiger partial charge in [-0.3, -0.25) is 9.78 Å². The van der Waals surface area contributed by atoms with Gasteiger partial charge in [-0.25, -0.2) is 0 Å². The van der Waals surface area contributed by atoms with Crippen LogP contribution in [0.4, 0.5) is 0 Å². The number of nitrogens with zero attached hydrogens (tertiary/aromatic N) is 1. The standard InChI is InChI=1S/C15H15ClN2O2/c1-11(20-14-7-4-5-12(16)9-14)15(19)18-10-13-6-2-3-8-17-13/h2-9,11H,10H2,1H3,(H,18,19)/t11-/m0/s1. The lowest BCUT2D eigenvalue weighted by Crippen LogP contribution is -2.36. The molecule has 1 N–H and O–H groups in total. The van der Waals surface area contributed by atoms with Crippen molar-refractivity contribution in [1.29, 1.82) is 0 Å². The van der Waals surface area contributed by atoms with Crippen LogP contribution in [0.15, 0.2) is 48.7 Å². The number of hydrogen-bond donors (Lipinski definition) is 1. The van der Waals surface area contributed by atoms with Gasteiger partial charge in [-0.1, -0.05) is 23.7 Å². The zero-order valence-electron chi connectivity index (χ0n) is 11.0. The second-order valence-corrected chi connectivity index (χ2v) is 4.69. The van der Waals surface area contributed by atoms with E-state index < -0.39 is 6.10 Å². The Morgan fingerprint density at radius 2 is 2.20 bits per heavy atom. The maximum atomic E-state index is 11.9. The molecule has 2 rings (SSSR count). The molecule has 0 aliphatic heterocycles. The normalized spacial score (nSPS) is 11.7. The first-order valence-corrected chi connectivity index (χ1v) is 6.63. The van der Waals surface area contributed by atoms with Gasteiger partial charge in [-0.05, 0) is 37.3 Å². The minimum absolute atomic E-state index is 0.198. The SMILES string of the molecule is C[C@H](Oc1cccc(Cl)c1)C(=O)NCc1ccccn1. The number of ether oxygens (including phenoxy) is 1. The second kappa shape index (κ2) is 6.91. The van der Waals surface area contributed by atoms with E-state index in [1.807, 2.05) is 18.2 Å². The zero-order chi connectivity index (χ0) is 14.4. The largest absolute Gasteiger partial charge is 0.481 e. The van der Waals surface area contributed by atoms with Gasteiger partial charge in [-0.2, -0.15) is 0 Å². The third-order valence-electron chi connectivity index (χ3n) is 2.65. The van der Waals surface area contributed by atoms with Crippen LogP contribution in [0.3, 0.4) is 0 Å². The number of amides is 1. The summed E-state index contributed by atoms with van der Waals surface area (Å²) < 4.78 is 5.53. The van der Waals surface area contributed by atoms with Crippen molar-refractivity contribution in [2.24, 2.45) is 0 Å². The first-order valence-electron chi connectivity index (χ1n) is 6.25. The van der Waals surface area contributed by atoms with Gasteiger partial charge in [0.25, 0.3) is 5.91 Å². The van der Waals surface area contributed by atoms with Gasteiger partial charge in [0.2, 0.25) is 0 Å². The minimum atomic E-state index is -0.600. The molecule has 1 heterocycles. The van der Waals surface area contributed by atoms with E-state index in [0.29, 0.717) is 17.3 Å². The van der Waals surface area contributed by atoms with E-state index in [9.17, 15) is 4.79 Å². The van der Waals surface area contributed by atoms with Crippen molar-refractivity contribution in [3.05, 3.63) is 59.4 Å². The molecule has 0 saturated heterocycles. The summed E-state index contributed by atoms with van der Waals surface area (Å²) in [6.45, 7) is 2.07.